The molecule has 0 bridgehead atoms. The highest BCUT2D eigenvalue weighted by molar-refractivity contribution is 5.93. The van der Waals surface area contributed by atoms with Gasteiger partial charge in [-0.2, -0.15) is 0 Å². The Morgan fingerprint density at radius 1 is 1.53 bits per heavy atom. The summed E-state index contributed by atoms with van der Waals surface area (Å²) in [6, 6.07) is 5.47. The summed E-state index contributed by atoms with van der Waals surface area (Å²) < 4.78 is 0. The van der Waals surface area contributed by atoms with Crippen molar-refractivity contribution in [2.24, 2.45) is 0 Å². The Kier molecular flexibility index (Phi) is 3.40. The monoisotopic (exact) mass is 230 g/mol. The Bertz CT molecular complexity index is 492. The summed E-state index contributed by atoms with van der Waals surface area (Å²) >= 11 is 0. The van der Waals surface area contributed by atoms with Gasteiger partial charge in [0.25, 0.3) is 5.91 Å². The summed E-state index contributed by atoms with van der Waals surface area (Å²) in [4.78, 5) is 18.4. The minimum atomic E-state index is -0.148. The van der Waals surface area contributed by atoms with Gasteiger partial charge in [0.1, 0.15) is 5.69 Å². The van der Waals surface area contributed by atoms with Crippen molar-refractivity contribution >= 4 is 11.6 Å². The van der Waals surface area contributed by atoms with Crippen molar-refractivity contribution in [2.75, 3.05) is 12.3 Å². The van der Waals surface area contributed by atoms with Crippen molar-refractivity contribution in [3.8, 4) is 0 Å². The van der Waals surface area contributed by atoms with Crippen molar-refractivity contribution in [3.63, 3.8) is 0 Å². The molecule has 0 aliphatic carbocycles. The summed E-state index contributed by atoms with van der Waals surface area (Å²) in [6.45, 7) is 0.573. The van der Waals surface area contributed by atoms with Crippen molar-refractivity contribution in [1.82, 2.24) is 15.3 Å². The number of amides is 1. The highest BCUT2D eigenvalue weighted by atomic mass is 16.1. The summed E-state index contributed by atoms with van der Waals surface area (Å²) in [5.74, 6) is -0.148. The number of hydrogen-bond donors (Lipinski definition) is 3. The van der Waals surface area contributed by atoms with E-state index in [0.717, 1.165) is 12.0 Å². The lowest BCUT2D eigenvalue weighted by atomic mass is 10.2. The third-order valence-electron chi connectivity index (χ3n) is 2.37. The molecule has 0 spiro atoms. The van der Waals surface area contributed by atoms with E-state index in [9.17, 15) is 4.79 Å². The minimum Gasteiger partial charge on any atom is -0.397 e. The molecule has 0 aromatic carbocycles. The van der Waals surface area contributed by atoms with Crippen molar-refractivity contribution in [1.29, 1.82) is 0 Å². The smallest absolute Gasteiger partial charge is 0.267 e. The zero-order chi connectivity index (χ0) is 12.1. The maximum Gasteiger partial charge on any atom is 0.267 e. The molecule has 4 N–H and O–H groups in total. The Balaban J connectivity index is 1.81. The summed E-state index contributed by atoms with van der Waals surface area (Å²) in [6.07, 6.45) is 5.87. The summed E-state index contributed by atoms with van der Waals surface area (Å²) in [5, 5.41) is 2.81. The van der Waals surface area contributed by atoms with E-state index < -0.39 is 0 Å². The first-order valence-corrected chi connectivity index (χ1v) is 5.37. The fourth-order valence-electron chi connectivity index (χ4n) is 1.50. The molecule has 0 radical (unpaired) electrons. The molecule has 0 saturated carbocycles. The predicted molar refractivity (Wildman–Crippen MR) is 65.5 cm³/mol. The number of H-pyrrole nitrogens is 1. The van der Waals surface area contributed by atoms with E-state index in [1.807, 2.05) is 12.1 Å². The molecule has 1 amide bonds. The molecule has 88 valence electrons. The van der Waals surface area contributed by atoms with Gasteiger partial charge in [-0.15, -0.1) is 0 Å². The number of aromatic amines is 1. The number of anilines is 1. The van der Waals surface area contributed by atoms with Gasteiger partial charge < -0.3 is 16.0 Å². The zero-order valence-electron chi connectivity index (χ0n) is 9.31. The first-order valence-electron chi connectivity index (χ1n) is 5.37. The van der Waals surface area contributed by atoms with E-state index in [4.69, 9.17) is 5.73 Å². The van der Waals surface area contributed by atoms with Gasteiger partial charge >= 0.3 is 0 Å². The lowest BCUT2D eigenvalue weighted by Crippen LogP contribution is -2.25. The molecular weight excluding hydrogens is 216 g/mol. The minimum absolute atomic E-state index is 0.148. The van der Waals surface area contributed by atoms with Gasteiger partial charge in [-0.1, -0.05) is 6.07 Å². The standard InChI is InChI=1S/C12H14N4O/c13-10-6-11(16-8-10)12(17)15-5-3-9-2-1-4-14-7-9/h1-2,4,6-8,16H,3,5,13H2,(H,15,17). The predicted octanol–water partition coefficient (Wildman–Crippen LogP) is 0.964. The quantitative estimate of drug-likeness (QED) is 0.731. The van der Waals surface area contributed by atoms with Gasteiger partial charge in [0.2, 0.25) is 0 Å². The SMILES string of the molecule is Nc1c[nH]c(C(=O)NCCc2cccnc2)c1. The van der Waals surface area contributed by atoms with Gasteiger partial charge in [-0.25, -0.2) is 0 Å². The number of nitrogens with two attached hydrogens (primary N) is 1. The van der Waals surface area contributed by atoms with E-state index in [0.29, 0.717) is 17.9 Å². The van der Waals surface area contributed by atoms with Gasteiger partial charge in [-0.05, 0) is 24.1 Å². The highest BCUT2D eigenvalue weighted by Gasteiger charge is 2.06. The lowest BCUT2D eigenvalue weighted by Gasteiger charge is -2.03. The van der Waals surface area contributed by atoms with Crippen LogP contribution in [0.2, 0.25) is 0 Å². The average molecular weight is 230 g/mol. The second kappa shape index (κ2) is 5.16. The molecule has 2 heterocycles. The normalized spacial score (nSPS) is 10.1. The summed E-state index contributed by atoms with van der Waals surface area (Å²) in [7, 11) is 0. The molecule has 17 heavy (non-hydrogen) atoms. The topological polar surface area (TPSA) is 83.8 Å². The van der Waals surface area contributed by atoms with Crippen molar-refractivity contribution in [2.45, 2.75) is 6.42 Å². The number of nitrogens with zero attached hydrogens (tertiary/aromatic N) is 1. The van der Waals surface area contributed by atoms with Gasteiger partial charge in [0, 0.05) is 30.8 Å². The van der Waals surface area contributed by atoms with Crippen LogP contribution in [0.1, 0.15) is 16.1 Å². The molecule has 2 aromatic rings. The fourth-order valence-corrected chi connectivity index (χ4v) is 1.50. The average Bonchev–Trinajstić information content (AvgIpc) is 2.77. The van der Waals surface area contributed by atoms with Crippen LogP contribution in [0.15, 0.2) is 36.8 Å². The van der Waals surface area contributed by atoms with Crippen LogP contribution in [0.5, 0.6) is 0 Å². The van der Waals surface area contributed by atoms with Crippen LogP contribution >= 0.6 is 0 Å². The highest BCUT2D eigenvalue weighted by Crippen LogP contribution is 2.04. The maximum absolute atomic E-state index is 11.6. The van der Waals surface area contributed by atoms with Crippen LogP contribution in [-0.2, 0) is 6.42 Å². The van der Waals surface area contributed by atoms with E-state index >= 15 is 0 Å². The van der Waals surface area contributed by atoms with Crippen LogP contribution in [0, 0.1) is 0 Å². The molecule has 0 unspecified atom stereocenters. The first kappa shape index (κ1) is 11.2. The number of nitrogens with one attached hydrogen (secondary N) is 2. The Labute approximate surface area is 99.1 Å². The van der Waals surface area contributed by atoms with Crippen LogP contribution in [0.4, 0.5) is 5.69 Å². The Morgan fingerprint density at radius 3 is 3.06 bits per heavy atom. The number of rotatable bonds is 4. The number of carbonyl (C=O) groups is 1. The molecule has 5 nitrogen and oxygen atoms in total. The van der Waals surface area contributed by atoms with Crippen LogP contribution in [0.3, 0.4) is 0 Å². The van der Waals surface area contributed by atoms with Gasteiger partial charge in [0.15, 0.2) is 0 Å². The molecule has 0 atom stereocenters. The molecule has 0 aliphatic rings. The number of nitrogen functional groups attached to an aromatic ring is 1. The van der Waals surface area contributed by atoms with E-state index in [-0.39, 0.29) is 5.91 Å². The lowest BCUT2D eigenvalue weighted by molar-refractivity contribution is 0.0950. The number of carbonyl (C=O) groups excluding carboxylic acids is 1. The van der Waals surface area contributed by atoms with Crippen LogP contribution < -0.4 is 11.1 Å². The van der Waals surface area contributed by atoms with Crippen molar-refractivity contribution in [3.05, 3.63) is 48.0 Å². The molecule has 0 fully saturated rings. The second-order valence-electron chi connectivity index (χ2n) is 3.71. The van der Waals surface area contributed by atoms with Crippen LogP contribution in [-0.4, -0.2) is 22.4 Å². The number of pyridine rings is 1. The summed E-state index contributed by atoms with van der Waals surface area (Å²) in [5.41, 5.74) is 7.65. The van der Waals surface area contributed by atoms with Gasteiger partial charge in [0.05, 0.1) is 0 Å². The van der Waals surface area contributed by atoms with Gasteiger partial charge in [-0.3, -0.25) is 9.78 Å². The Hall–Kier alpha value is -2.30. The molecule has 5 heteroatoms. The zero-order valence-corrected chi connectivity index (χ0v) is 9.31. The molecule has 2 aromatic heterocycles. The third-order valence-corrected chi connectivity index (χ3v) is 2.37. The van der Waals surface area contributed by atoms with E-state index in [2.05, 4.69) is 15.3 Å². The largest absolute Gasteiger partial charge is 0.397 e. The molecule has 0 saturated heterocycles. The maximum atomic E-state index is 11.6. The molecule has 2 rings (SSSR count). The Morgan fingerprint density at radius 2 is 2.41 bits per heavy atom. The first-order chi connectivity index (χ1) is 8.25. The fraction of sp³-hybridized carbons (Fsp3) is 0.167. The van der Waals surface area contributed by atoms with E-state index in [1.54, 1.807) is 24.7 Å². The molecule has 0 aliphatic heterocycles. The number of hydrogen-bond acceptors (Lipinski definition) is 3. The van der Waals surface area contributed by atoms with Crippen molar-refractivity contribution < 1.29 is 4.79 Å². The van der Waals surface area contributed by atoms with E-state index in [1.165, 1.54) is 0 Å². The van der Waals surface area contributed by atoms with Crippen LogP contribution in [0.25, 0.3) is 0 Å². The number of aromatic nitrogens is 2. The molecular formula is C12H14N4O. The second-order valence-corrected chi connectivity index (χ2v) is 3.71. The third kappa shape index (κ3) is 3.07.